The molecule has 0 aromatic heterocycles. The van der Waals surface area contributed by atoms with Crippen molar-refractivity contribution in [2.45, 2.75) is 64.5 Å². The van der Waals surface area contributed by atoms with Crippen LogP contribution in [-0.4, -0.2) is 37.3 Å². The Morgan fingerprint density at radius 3 is 2.79 bits per heavy atom. The number of unbranched alkanes of at least 4 members (excludes halogenated alkanes) is 3. The van der Waals surface area contributed by atoms with Gasteiger partial charge in [0.2, 0.25) is 0 Å². The number of nitrogens with one attached hydrogen (secondary N) is 1. The van der Waals surface area contributed by atoms with Crippen LogP contribution >= 0.6 is 11.8 Å². The van der Waals surface area contributed by atoms with Crippen molar-refractivity contribution in [1.82, 2.24) is 5.32 Å². The van der Waals surface area contributed by atoms with E-state index in [1.165, 1.54) is 50.8 Å². The summed E-state index contributed by atoms with van der Waals surface area (Å²) in [6, 6.07) is 0.684. The van der Waals surface area contributed by atoms with Crippen molar-refractivity contribution in [2.24, 2.45) is 11.3 Å². The van der Waals surface area contributed by atoms with E-state index in [9.17, 15) is 0 Å². The van der Waals surface area contributed by atoms with Crippen LogP contribution in [0.15, 0.2) is 0 Å². The summed E-state index contributed by atoms with van der Waals surface area (Å²) in [6.45, 7) is 6.91. The van der Waals surface area contributed by atoms with Gasteiger partial charge in [-0.05, 0) is 44.2 Å². The Kier molecular flexibility index (Phi) is 6.04. The quantitative estimate of drug-likeness (QED) is 0.687. The largest absolute Gasteiger partial charge is 0.377 e. The average molecular weight is 285 g/mol. The van der Waals surface area contributed by atoms with Crippen LogP contribution in [-0.2, 0) is 4.74 Å². The van der Waals surface area contributed by atoms with E-state index in [2.05, 4.69) is 25.4 Å². The van der Waals surface area contributed by atoms with Crippen LogP contribution in [0.4, 0.5) is 0 Å². The Hall–Kier alpha value is 0.270. The molecule has 1 aliphatic heterocycles. The molecule has 3 unspecified atom stereocenters. The first-order chi connectivity index (χ1) is 9.18. The fourth-order valence-electron chi connectivity index (χ4n) is 3.92. The summed E-state index contributed by atoms with van der Waals surface area (Å²) < 4.78 is 5.95. The number of thioether (sulfide) groups is 1. The molecule has 2 fully saturated rings. The number of hydrogen-bond acceptors (Lipinski definition) is 3. The second-order valence-corrected chi connectivity index (χ2v) is 7.74. The van der Waals surface area contributed by atoms with Crippen molar-refractivity contribution < 1.29 is 4.74 Å². The summed E-state index contributed by atoms with van der Waals surface area (Å²) in [7, 11) is 0. The zero-order valence-electron chi connectivity index (χ0n) is 12.9. The first kappa shape index (κ1) is 15.7. The molecule has 2 nitrogen and oxygen atoms in total. The highest BCUT2D eigenvalue weighted by Gasteiger charge is 2.57. The summed E-state index contributed by atoms with van der Waals surface area (Å²) in [5.74, 6) is 2.10. The normalized spacial score (nSPS) is 32.7. The van der Waals surface area contributed by atoms with Crippen LogP contribution in [0.5, 0.6) is 0 Å². The lowest BCUT2D eigenvalue weighted by atomic mass is 9.55. The van der Waals surface area contributed by atoms with Gasteiger partial charge < -0.3 is 10.1 Å². The molecular weight excluding hydrogens is 254 g/mol. The fraction of sp³-hybridized carbons (Fsp3) is 1.00. The first-order valence-corrected chi connectivity index (χ1v) is 9.41. The molecule has 19 heavy (non-hydrogen) atoms. The standard InChI is InChI=1S/C16H31NOS/c1-16(2)14(13-9-8-11-18-15(13)16)17-10-6-4-5-7-12-19-3/h13-15,17H,4-12H2,1-3H3. The molecule has 3 atom stereocenters. The Morgan fingerprint density at radius 1 is 1.21 bits per heavy atom. The third-order valence-corrected chi connectivity index (χ3v) is 5.67. The molecule has 1 heterocycles. The van der Waals surface area contributed by atoms with Gasteiger partial charge in [0.15, 0.2) is 0 Å². The van der Waals surface area contributed by atoms with Gasteiger partial charge in [-0.25, -0.2) is 0 Å². The minimum absolute atomic E-state index is 0.337. The number of rotatable bonds is 8. The molecule has 0 amide bonds. The van der Waals surface area contributed by atoms with Crippen molar-refractivity contribution in [3.8, 4) is 0 Å². The van der Waals surface area contributed by atoms with E-state index in [0.29, 0.717) is 17.6 Å². The monoisotopic (exact) mass is 285 g/mol. The fourth-order valence-corrected chi connectivity index (χ4v) is 4.41. The van der Waals surface area contributed by atoms with Gasteiger partial charge in [-0.15, -0.1) is 0 Å². The van der Waals surface area contributed by atoms with Gasteiger partial charge in [0, 0.05) is 24.0 Å². The lowest BCUT2D eigenvalue weighted by molar-refractivity contribution is -0.192. The van der Waals surface area contributed by atoms with Crippen molar-refractivity contribution in [3.05, 3.63) is 0 Å². The summed E-state index contributed by atoms with van der Waals surface area (Å²) >= 11 is 1.97. The second kappa shape index (κ2) is 7.33. The van der Waals surface area contributed by atoms with E-state index in [-0.39, 0.29) is 0 Å². The molecule has 0 aromatic carbocycles. The van der Waals surface area contributed by atoms with Crippen LogP contribution in [0.25, 0.3) is 0 Å². The number of ether oxygens (including phenoxy) is 1. The van der Waals surface area contributed by atoms with Gasteiger partial charge in [-0.2, -0.15) is 11.8 Å². The van der Waals surface area contributed by atoms with Crippen molar-refractivity contribution >= 4 is 11.8 Å². The number of hydrogen-bond donors (Lipinski definition) is 1. The van der Waals surface area contributed by atoms with Gasteiger partial charge in [0.05, 0.1) is 6.10 Å². The van der Waals surface area contributed by atoms with Crippen molar-refractivity contribution in [3.63, 3.8) is 0 Å². The summed E-state index contributed by atoms with van der Waals surface area (Å²) in [5, 5.41) is 3.81. The molecule has 112 valence electrons. The predicted molar refractivity (Wildman–Crippen MR) is 84.9 cm³/mol. The highest BCUT2D eigenvalue weighted by Crippen LogP contribution is 2.51. The van der Waals surface area contributed by atoms with Gasteiger partial charge in [0.1, 0.15) is 0 Å². The number of fused-ring (bicyclic) bond motifs is 1. The van der Waals surface area contributed by atoms with Crippen LogP contribution in [0, 0.1) is 11.3 Å². The molecule has 0 radical (unpaired) electrons. The van der Waals surface area contributed by atoms with Crippen LogP contribution in [0.2, 0.25) is 0 Å². The molecule has 3 heteroatoms. The average Bonchev–Trinajstić information content (AvgIpc) is 2.41. The maximum atomic E-state index is 5.95. The minimum atomic E-state index is 0.337. The molecule has 1 saturated heterocycles. The van der Waals surface area contributed by atoms with E-state index >= 15 is 0 Å². The van der Waals surface area contributed by atoms with E-state index < -0.39 is 0 Å². The smallest absolute Gasteiger partial charge is 0.0684 e. The van der Waals surface area contributed by atoms with Gasteiger partial charge in [0.25, 0.3) is 0 Å². The summed E-state index contributed by atoms with van der Waals surface area (Å²) in [5.41, 5.74) is 0.337. The highest BCUT2D eigenvalue weighted by molar-refractivity contribution is 7.98. The highest BCUT2D eigenvalue weighted by atomic mass is 32.2. The molecule has 1 aliphatic carbocycles. The van der Waals surface area contributed by atoms with Gasteiger partial charge >= 0.3 is 0 Å². The lowest BCUT2D eigenvalue weighted by Crippen LogP contribution is -2.69. The van der Waals surface area contributed by atoms with Gasteiger partial charge in [-0.1, -0.05) is 26.7 Å². The zero-order valence-corrected chi connectivity index (χ0v) is 13.7. The minimum Gasteiger partial charge on any atom is -0.377 e. The molecule has 2 rings (SSSR count). The van der Waals surface area contributed by atoms with Crippen molar-refractivity contribution in [2.75, 3.05) is 25.2 Å². The third kappa shape index (κ3) is 3.68. The first-order valence-electron chi connectivity index (χ1n) is 8.02. The van der Waals surface area contributed by atoms with E-state index in [4.69, 9.17) is 4.74 Å². The maximum absolute atomic E-state index is 5.95. The molecule has 1 N–H and O–H groups in total. The second-order valence-electron chi connectivity index (χ2n) is 6.76. The zero-order chi connectivity index (χ0) is 13.7. The molecule has 0 spiro atoms. The Labute approximate surface area is 123 Å². The Bertz CT molecular complexity index is 269. The van der Waals surface area contributed by atoms with Crippen LogP contribution in [0.1, 0.15) is 52.4 Å². The maximum Gasteiger partial charge on any atom is 0.0684 e. The summed E-state index contributed by atoms with van der Waals surface area (Å²) in [6.07, 6.45) is 10.8. The Balaban J connectivity index is 1.60. The predicted octanol–water partition coefficient (Wildman–Crippen LogP) is 3.70. The summed E-state index contributed by atoms with van der Waals surface area (Å²) in [4.78, 5) is 0. The molecule has 0 bridgehead atoms. The lowest BCUT2D eigenvalue weighted by Gasteiger charge is -2.60. The topological polar surface area (TPSA) is 21.3 Å². The SMILES string of the molecule is CSCCCCCCNC1C2CCCOC2C1(C)C. The van der Waals surface area contributed by atoms with Crippen molar-refractivity contribution in [1.29, 1.82) is 0 Å². The van der Waals surface area contributed by atoms with E-state index in [1.807, 2.05) is 11.8 Å². The van der Waals surface area contributed by atoms with Crippen LogP contribution in [0.3, 0.4) is 0 Å². The molecule has 0 aromatic rings. The van der Waals surface area contributed by atoms with Gasteiger partial charge in [-0.3, -0.25) is 0 Å². The Morgan fingerprint density at radius 2 is 2.00 bits per heavy atom. The van der Waals surface area contributed by atoms with E-state index in [1.54, 1.807) is 0 Å². The molecule has 1 saturated carbocycles. The molecule has 2 aliphatic rings. The van der Waals surface area contributed by atoms with E-state index in [0.717, 1.165) is 12.5 Å². The third-order valence-electron chi connectivity index (χ3n) is 4.97. The van der Waals surface area contributed by atoms with Crippen LogP contribution < -0.4 is 5.32 Å². The molecular formula is C16H31NOS.